The second-order valence-corrected chi connectivity index (χ2v) is 6.64. The number of nitrogens with one attached hydrogen (secondary N) is 1. The molecule has 1 heterocycles. The van der Waals surface area contributed by atoms with Crippen LogP contribution < -0.4 is 5.32 Å². The van der Waals surface area contributed by atoms with Gasteiger partial charge in [0.25, 0.3) is 0 Å². The zero-order valence-electron chi connectivity index (χ0n) is 11.8. The molecule has 2 N–H and O–H groups in total. The largest absolute Gasteiger partial charge is 0.394 e. The van der Waals surface area contributed by atoms with E-state index in [-0.39, 0.29) is 12.1 Å². The number of ether oxygens (including phenoxy) is 2. The van der Waals surface area contributed by atoms with Crippen molar-refractivity contribution >= 4 is 0 Å². The summed E-state index contributed by atoms with van der Waals surface area (Å²) in [7, 11) is 0. The first kappa shape index (κ1) is 13.8. The van der Waals surface area contributed by atoms with Crippen molar-refractivity contribution in [2.24, 2.45) is 5.92 Å². The third-order valence-corrected chi connectivity index (χ3v) is 4.78. The van der Waals surface area contributed by atoms with E-state index in [0.29, 0.717) is 18.1 Å². The van der Waals surface area contributed by atoms with Gasteiger partial charge in [-0.05, 0) is 44.9 Å². The molecule has 3 atom stereocenters. The Morgan fingerprint density at radius 3 is 2.84 bits per heavy atom. The first-order valence-corrected chi connectivity index (χ1v) is 7.88. The summed E-state index contributed by atoms with van der Waals surface area (Å²) in [4.78, 5) is 0. The number of hydrogen-bond acceptors (Lipinski definition) is 4. The van der Waals surface area contributed by atoms with Crippen LogP contribution in [0.15, 0.2) is 0 Å². The normalized spacial score (nSPS) is 39.6. The molecule has 0 aromatic heterocycles. The molecule has 3 unspecified atom stereocenters. The van der Waals surface area contributed by atoms with Gasteiger partial charge in [-0.15, -0.1) is 0 Å². The van der Waals surface area contributed by atoms with E-state index >= 15 is 0 Å². The lowest BCUT2D eigenvalue weighted by atomic mass is 9.80. The van der Waals surface area contributed by atoms with Gasteiger partial charge in [0.05, 0.1) is 25.9 Å². The van der Waals surface area contributed by atoms with Crippen molar-refractivity contribution in [3.05, 3.63) is 0 Å². The van der Waals surface area contributed by atoms with Crippen LogP contribution in [0.2, 0.25) is 0 Å². The summed E-state index contributed by atoms with van der Waals surface area (Å²) < 4.78 is 11.5. The number of aliphatic hydroxyl groups is 1. The predicted octanol–water partition coefficient (Wildman–Crippen LogP) is 1.47. The summed E-state index contributed by atoms with van der Waals surface area (Å²) in [6, 6.07) is 0.647. The van der Waals surface area contributed by atoms with Crippen LogP contribution in [-0.2, 0) is 9.47 Å². The van der Waals surface area contributed by atoms with Crippen molar-refractivity contribution in [2.45, 2.75) is 62.6 Å². The van der Waals surface area contributed by atoms with Crippen molar-refractivity contribution in [2.75, 3.05) is 26.4 Å². The molecule has 4 heteroatoms. The average Bonchev–Trinajstić information content (AvgIpc) is 3.08. The van der Waals surface area contributed by atoms with Crippen LogP contribution in [-0.4, -0.2) is 49.2 Å². The van der Waals surface area contributed by atoms with Crippen molar-refractivity contribution in [1.82, 2.24) is 5.32 Å². The molecule has 3 aliphatic rings. The average molecular weight is 269 g/mol. The van der Waals surface area contributed by atoms with Gasteiger partial charge < -0.3 is 19.9 Å². The van der Waals surface area contributed by atoms with Gasteiger partial charge in [0.1, 0.15) is 0 Å². The first-order chi connectivity index (χ1) is 9.30. The first-order valence-electron chi connectivity index (χ1n) is 7.88. The molecule has 0 spiro atoms. The fourth-order valence-corrected chi connectivity index (χ4v) is 3.42. The Labute approximate surface area is 115 Å². The Bertz CT molecular complexity index is 289. The monoisotopic (exact) mass is 269 g/mol. The van der Waals surface area contributed by atoms with Crippen LogP contribution in [0.25, 0.3) is 0 Å². The van der Waals surface area contributed by atoms with Gasteiger partial charge in [0.2, 0.25) is 0 Å². The zero-order valence-corrected chi connectivity index (χ0v) is 11.8. The van der Waals surface area contributed by atoms with Gasteiger partial charge >= 0.3 is 0 Å². The maximum absolute atomic E-state index is 9.78. The minimum Gasteiger partial charge on any atom is -0.394 e. The van der Waals surface area contributed by atoms with E-state index in [2.05, 4.69) is 5.32 Å². The van der Waals surface area contributed by atoms with Crippen LogP contribution in [0.4, 0.5) is 0 Å². The van der Waals surface area contributed by atoms with E-state index in [1.807, 2.05) is 0 Å². The lowest BCUT2D eigenvalue weighted by molar-refractivity contribution is -0.0300. The molecule has 0 aromatic rings. The third kappa shape index (κ3) is 3.69. The maximum Gasteiger partial charge on any atom is 0.0614 e. The highest BCUT2D eigenvalue weighted by Gasteiger charge is 2.40. The second kappa shape index (κ2) is 6.08. The standard InChI is InChI=1S/C15H27NO3/c17-11-15(16-13-3-4-13)6-1-2-14(8-15)19-10-12-5-7-18-9-12/h12-14,16-17H,1-11H2. The molecule has 0 radical (unpaired) electrons. The van der Waals surface area contributed by atoms with Gasteiger partial charge in [-0.2, -0.15) is 0 Å². The molecular weight excluding hydrogens is 242 g/mol. The van der Waals surface area contributed by atoms with Crippen LogP contribution in [0, 0.1) is 5.92 Å². The summed E-state index contributed by atoms with van der Waals surface area (Å²) in [5.41, 5.74) is -0.0732. The fraction of sp³-hybridized carbons (Fsp3) is 1.00. The summed E-state index contributed by atoms with van der Waals surface area (Å²) >= 11 is 0. The minimum absolute atomic E-state index is 0.0732. The maximum atomic E-state index is 9.78. The Morgan fingerprint density at radius 2 is 2.16 bits per heavy atom. The molecule has 0 amide bonds. The lowest BCUT2D eigenvalue weighted by Gasteiger charge is -2.40. The van der Waals surface area contributed by atoms with Gasteiger partial charge in [0.15, 0.2) is 0 Å². The van der Waals surface area contributed by atoms with Crippen molar-refractivity contribution in [3.8, 4) is 0 Å². The highest BCUT2D eigenvalue weighted by atomic mass is 16.5. The Hall–Kier alpha value is -0.160. The summed E-state index contributed by atoms with van der Waals surface area (Å²) in [6.45, 7) is 2.83. The number of rotatable bonds is 6. The quantitative estimate of drug-likeness (QED) is 0.766. The van der Waals surface area contributed by atoms with Crippen LogP contribution in [0.1, 0.15) is 44.9 Å². The van der Waals surface area contributed by atoms with Crippen LogP contribution >= 0.6 is 0 Å². The molecule has 0 aromatic carbocycles. The van der Waals surface area contributed by atoms with Gasteiger partial charge in [0, 0.05) is 24.1 Å². The molecular formula is C15H27NO3. The number of aliphatic hydroxyl groups excluding tert-OH is 1. The van der Waals surface area contributed by atoms with Crippen molar-refractivity contribution in [3.63, 3.8) is 0 Å². The van der Waals surface area contributed by atoms with E-state index in [1.54, 1.807) is 0 Å². The van der Waals surface area contributed by atoms with E-state index < -0.39 is 0 Å². The molecule has 4 nitrogen and oxygen atoms in total. The third-order valence-electron chi connectivity index (χ3n) is 4.78. The molecule has 110 valence electrons. The van der Waals surface area contributed by atoms with Gasteiger partial charge in [-0.1, -0.05) is 0 Å². The van der Waals surface area contributed by atoms with Gasteiger partial charge in [-0.3, -0.25) is 0 Å². The zero-order chi connectivity index (χ0) is 13.1. The van der Waals surface area contributed by atoms with E-state index in [4.69, 9.17) is 9.47 Å². The minimum atomic E-state index is -0.0732. The lowest BCUT2D eigenvalue weighted by Crippen LogP contribution is -2.54. The van der Waals surface area contributed by atoms with Crippen LogP contribution in [0.3, 0.4) is 0 Å². The molecule has 1 aliphatic heterocycles. The van der Waals surface area contributed by atoms with E-state index in [1.165, 1.54) is 12.8 Å². The molecule has 2 aliphatic carbocycles. The summed E-state index contributed by atoms with van der Waals surface area (Å²) in [5.74, 6) is 0.585. The highest BCUT2D eigenvalue weighted by molar-refractivity contribution is 4.99. The number of hydrogen-bond donors (Lipinski definition) is 2. The second-order valence-electron chi connectivity index (χ2n) is 6.64. The Morgan fingerprint density at radius 1 is 1.26 bits per heavy atom. The molecule has 2 saturated carbocycles. The molecule has 0 bridgehead atoms. The smallest absolute Gasteiger partial charge is 0.0614 e. The molecule has 3 rings (SSSR count). The Balaban J connectivity index is 1.48. The predicted molar refractivity (Wildman–Crippen MR) is 73.1 cm³/mol. The van der Waals surface area contributed by atoms with Crippen molar-refractivity contribution < 1.29 is 14.6 Å². The highest BCUT2D eigenvalue weighted by Crippen LogP contribution is 2.34. The Kier molecular flexibility index (Phi) is 4.42. The molecule has 19 heavy (non-hydrogen) atoms. The summed E-state index contributed by atoms with van der Waals surface area (Å²) in [5, 5.41) is 13.4. The topological polar surface area (TPSA) is 50.7 Å². The SMILES string of the molecule is OCC1(NC2CC2)CCCC(OCC2CCOC2)C1. The fourth-order valence-electron chi connectivity index (χ4n) is 3.42. The van der Waals surface area contributed by atoms with E-state index in [9.17, 15) is 5.11 Å². The van der Waals surface area contributed by atoms with E-state index in [0.717, 1.165) is 51.9 Å². The molecule has 1 saturated heterocycles. The molecule has 3 fully saturated rings. The van der Waals surface area contributed by atoms with Gasteiger partial charge in [-0.25, -0.2) is 0 Å². The van der Waals surface area contributed by atoms with Crippen molar-refractivity contribution in [1.29, 1.82) is 0 Å². The van der Waals surface area contributed by atoms with Crippen LogP contribution in [0.5, 0.6) is 0 Å². The summed E-state index contributed by atoms with van der Waals surface area (Å²) in [6.07, 6.45) is 8.35.